The molecule has 2 aromatic rings. The normalized spacial score (nSPS) is 27.2. The van der Waals surface area contributed by atoms with E-state index >= 15 is 0 Å². The van der Waals surface area contributed by atoms with E-state index in [2.05, 4.69) is 15.2 Å². The Morgan fingerprint density at radius 2 is 1.97 bits per heavy atom. The highest BCUT2D eigenvalue weighted by atomic mass is 16.3. The Bertz CT molecular complexity index is 1090. The van der Waals surface area contributed by atoms with E-state index in [1.54, 1.807) is 12.4 Å². The standard InChI is InChI=1S/C26H32N4O3/c1-2-5-18-8-9-22-23-20(15-29(22)26(18)33)21(16-31)24(25(32)28-19-6-3-4-7-19)30(23)14-17-10-12-27-13-11-17/h2,5,8-13,19-21,23-24,31H,3-4,6-7,14-16H2,1H3,(H,28,32)/b5-2+/t20-,21-,23+,24-/m0/s1. The Hall–Kier alpha value is -2.77. The van der Waals surface area contributed by atoms with Crippen LogP contribution in [0.25, 0.3) is 6.08 Å². The molecule has 0 radical (unpaired) electrons. The van der Waals surface area contributed by atoms with E-state index in [0.717, 1.165) is 36.9 Å². The van der Waals surface area contributed by atoms with Gasteiger partial charge in [-0.3, -0.25) is 19.5 Å². The first-order valence-electron chi connectivity index (χ1n) is 12.0. The van der Waals surface area contributed by atoms with Crippen LogP contribution in [0, 0.1) is 11.8 Å². The zero-order valence-corrected chi connectivity index (χ0v) is 19.1. The number of aromatic nitrogens is 2. The molecule has 1 saturated carbocycles. The topological polar surface area (TPSA) is 87.5 Å². The highest BCUT2D eigenvalue weighted by Gasteiger charge is 2.55. The summed E-state index contributed by atoms with van der Waals surface area (Å²) in [5.41, 5.74) is 2.65. The number of fused-ring (bicyclic) bond motifs is 3. The molecule has 1 saturated heterocycles. The highest BCUT2D eigenvalue weighted by Crippen LogP contribution is 2.49. The number of allylic oxidation sites excluding steroid dienone is 1. The van der Waals surface area contributed by atoms with Gasteiger partial charge in [-0.05, 0) is 49.6 Å². The largest absolute Gasteiger partial charge is 0.396 e. The predicted octanol–water partition coefficient (Wildman–Crippen LogP) is 2.50. The Labute approximate surface area is 194 Å². The third kappa shape index (κ3) is 3.93. The first-order valence-corrected chi connectivity index (χ1v) is 12.0. The first kappa shape index (κ1) is 22.0. The average molecular weight is 449 g/mol. The van der Waals surface area contributed by atoms with Crippen molar-refractivity contribution in [2.24, 2.45) is 11.8 Å². The highest BCUT2D eigenvalue weighted by molar-refractivity contribution is 5.83. The molecule has 4 heterocycles. The Morgan fingerprint density at radius 3 is 2.67 bits per heavy atom. The van der Waals surface area contributed by atoms with E-state index in [1.165, 1.54) is 0 Å². The first-order chi connectivity index (χ1) is 16.1. The molecule has 0 unspecified atom stereocenters. The van der Waals surface area contributed by atoms with E-state index in [1.807, 2.05) is 47.9 Å². The summed E-state index contributed by atoms with van der Waals surface area (Å²) in [5, 5.41) is 13.7. The molecular weight excluding hydrogens is 416 g/mol. The molecule has 3 aliphatic rings. The summed E-state index contributed by atoms with van der Waals surface area (Å²) in [7, 11) is 0. The summed E-state index contributed by atoms with van der Waals surface area (Å²) >= 11 is 0. The van der Waals surface area contributed by atoms with E-state index < -0.39 is 6.04 Å². The summed E-state index contributed by atoms with van der Waals surface area (Å²) < 4.78 is 1.85. The van der Waals surface area contributed by atoms with Crippen LogP contribution in [-0.2, 0) is 17.9 Å². The lowest BCUT2D eigenvalue weighted by molar-refractivity contribution is -0.128. The number of nitrogens with one attached hydrogen (secondary N) is 1. The van der Waals surface area contributed by atoms with Crippen LogP contribution >= 0.6 is 0 Å². The number of nitrogens with zero attached hydrogens (tertiary/aromatic N) is 3. The van der Waals surface area contributed by atoms with Gasteiger partial charge < -0.3 is 15.0 Å². The summed E-state index contributed by atoms with van der Waals surface area (Å²) in [6.45, 7) is 2.91. The molecule has 1 amide bonds. The van der Waals surface area contributed by atoms with Crippen molar-refractivity contribution in [3.8, 4) is 0 Å². The van der Waals surface area contributed by atoms with Crippen molar-refractivity contribution >= 4 is 12.0 Å². The van der Waals surface area contributed by atoms with E-state index in [0.29, 0.717) is 18.7 Å². The zero-order valence-electron chi connectivity index (χ0n) is 19.1. The van der Waals surface area contributed by atoms with Gasteiger partial charge in [-0.15, -0.1) is 0 Å². The van der Waals surface area contributed by atoms with Gasteiger partial charge in [0.05, 0.1) is 12.1 Å². The second kappa shape index (κ2) is 9.23. The number of pyridine rings is 2. The number of aliphatic hydroxyl groups excluding tert-OH is 1. The molecule has 0 bridgehead atoms. The number of hydrogen-bond acceptors (Lipinski definition) is 5. The van der Waals surface area contributed by atoms with Crippen molar-refractivity contribution in [3.05, 3.63) is 69.9 Å². The molecule has 2 aliphatic heterocycles. The molecule has 7 nitrogen and oxygen atoms in total. The third-order valence-corrected chi connectivity index (χ3v) is 7.65. The van der Waals surface area contributed by atoms with Crippen LogP contribution in [0.3, 0.4) is 0 Å². The van der Waals surface area contributed by atoms with Gasteiger partial charge in [0, 0.05) is 61.2 Å². The van der Waals surface area contributed by atoms with Crippen LogP contribution in [-0.4, -0.2) is 44.2 Å². The number of likely N-dealkylation sites (tertiary alicyclic amines) is 1. The zero-order chi connectivity index (χ0) is 22.9. The fourth-order valence-corrected chi connectivity index (χ4v) is 6.16. The minimum absolute atomic E-state index is 0.00356. The Kier molecular flexibility index (Phi) is 6.17. The second-order valence-electron chi connectivity index (χ2n) is 9.55. The Morgan fingerprint density at radius 1 is 1.21 bits per heavy atom. The van der Waals surface area contributed by atoms with Crippen molar-refractivity contribution < 1.29 is 9.90 Å². The molecule has 2 fully saturated rings. The molecule has 0 aromatic carbocycles. The number of carbonyl (C=O) groups is 1. The van der Waals surface area contributed by atoms with Crippen LogP contribution in [0.5, 0.6) is 0 Å². The van der Waals surface area contributed by atoms with Crippen LogP contribution in [0.4, 0.5) is 0 Å². The molecular formula is C26H32N4O3. The van der Waals surface area contributed by atoms with Crippen molar-refractivity contribution in [1.82, 2.24) is 19.8 Å². The van der Waals surface area contributed by atoms with Gasteiger partial charge in [0.1, 0.15) is 0 Å². The monoisotopic (exact) mass is 448 g/mol. The number of rotatable bonds is 6. The number of hydrogen-bond donors (Lipinski definition) is 2. The molecule has 2 aromatic heterocycles. The van der Waals surface area contributed by atoms with E-state index in [9.17, 15) is 14.7 Å². The molecule has 0 spiro atoms. The van der Waals surface area contributed by atoms with Crippen LogP contribution in [0.1, 0.15) is 55.5 Å². The molecule has 1 aliphatic carbocycles. The van der Waals surface area contributed by atoms with Gasteiger partial charge >= 0.3 is 0 Å². The van der Waals surface area contributed by atoms with Gasteiger partial charge in [-0.25, -0.2) is 0 Å². The summed E-state index contributed by atoms with van der Waals surface area (Å²) in [6.07, 6.45) is 11.6. The van der Waals surface area contributed by atoms with Crippen molar-refractivity contribution in [3.63, 3.8) is 0 Å². The van der Waals surface area contributed by atoms with Crippen LogP contribution < -0.4 is 10.9 Å². The molecule has 2 N–H and O–H groups in total. The summed E-state index contributed by atoms with van der Waals surface area (Å²) in [6, 6.07) is 7.51. The molecule has 33 heavy (non-hydrogen) atoms. The maximum Gasteiger partial charge on any atom is 0.258 e. The van der Waals surface area contributed by atoms with Crippen molar-refractivity contribution in [1.29, 1.82) is 0 Å². The number of amides is 1. The summed E-state index contributed by atoms with van der Waals surface area (Å²) in [4.78, 5) is 33.0. The fourth-order valence-electron chi connectivity index (χ4n) is 6.16. The lowest BCUT2D eigenvalue weighted by Crippen LogP contribution is -2.50. The van der Waals surface area contributed by atoms with E-state index in [-0.39, 0.29) is 42.0 Å². The molecule has 174 valence electrons. The van der Waals surface area contributed by atoms with Crippen LogP contribution in [0.15, 0.2) is 47.5 Å². The number of aliphatic hydroxyl groups is 1. The average Bonchev–Trinajstić information content (AvgIpc) is 3.53. The third-order valence-electron chi connectivity index (χ3n) is 7.65. The predicted molar refractivity (Wildman–Crippen MR) is 126 cm³/mol. The fraction of sp³-hybridized carbons (Fsp3) is 0.500. The smallest absolute Gasteiger partial charge is 0.258 e. The van der Waals surface area contributed by atoms with Crippen molar-refractivity contribution in [2.45, 2.75) is 63.8 Å². The maximum absolute atomic E-state index is 13.6. The minimum Gasteiger partial charge on any atom is -0.396 e. The second-order valence-corrected chi connectivity index (χ2v) is 9.55. The quantitative estimate of drug-likeness (QED) is 0.709. The van der Waals surface area contributed by atoms with Crippen LogP contribution in [0.2, 0.25) is 0 Å². The SMILES string of the molecule is C/C=C/c1ccc2n(c1=O)C[C@H]1[C@H](CO)[C@@H](C(=O)NC3CCCC3)N(Cc3ccncc3)[C@@H]21. The molecule has 4 atom stereocenters. The van der Waals surface area contributed by atoms with Gasteiger partial charge in [0.2, 0.25) is 5.91 Å². The molecule has 7 heteroatoms. The van der Waals surface area contributed by atoms with Gasteiger partial charge in [-0.2, -0.15) is 0 Å². The number of carbonyl (C=O) groups excluding carboxylic acids is 1. The van der Waals surface area contributed by atoms with E-state index in [4.69, 9.17) is 0 Å². The molecule has 5 rings (SSSR count). The van der Waals surface area contributed by atoms with Gasteiger partial charge in [0.15, 0.2) is 0 Å². The summed E-state index contributed by atoms with van der Waals surface area (Å²) in [5.74, 6) is -0.226. The lowest BCUT2D eigenvalue weighted by Gasteiger charge is -2.31. The van der Waals surface area contributed by atoms with Gasteiger partial charge in [-0.1, -0.05) is 25.0 Å². The lowest BCUT2D eigenvalue weighted by atomic mass is 9.88. The minimum atomic E-state index is -0.433. The van der Waals surface area contributed by atoms with Gasteiger partial charge in [0.25, 0.3) is 5.56 Å². The Balaban J connectivity index is 1.54. The maximum atomic E-state index is 13.6. The van der Waals surface area contributed by atoms with Crippen molar-refractivity contribution in [2.75, 3.05) is 6.61 Å².